The number of nitrogens with one attached hydrogen (secondary N) is 1. The van der Waals surface area contributed by atoms with Crippen LogP contribution in [-0.2, 0) is 6.54 Å². The van der Waals surface area contributed by atoms with Crippen molar-refractivity contribution in [3.05, 3.63) is 28.8 Å². The van der Waals surface area contributed by atoms with E-state index >= 15 is 0 Å². The molecule has 0 aliphatic carbocycles. The molecule has 0 heterocycles. The van der Waals surface area contributed by atoms with Gasteiger partial charge in [0.15, 0.2) is 0 Å². The molecule has 0 radical (unpaired) electrons. The van der Waals surface area contributed by atoms with E-state index in [0.29, 0.717) is 0 Å². The summed E-state index contributed by atoms with van der Waals surface area (Å²) in [5.41, 5.74) is 1.26. The number of rotatable bonds is 3. The lowest BCUT2D eigenvalue weighted by Crippen LogP contribution is -2.06. The van der Waals surface area contributed by atoms with Gasteiger partial charge in [-0.05, 0) is 24.9 Å². The smallest absolute Gasteiger partial charge is 0.0545 e. The van der Waals surface area contributed by atoms with Gasteiger partial charge < -0.3 is 5.32 Å². The highest BCUT2D eigenvalue weighted by Crippen LogP contribution is 2.28. The van der Waals surface area contributed by atoms with Crippen LogP contribution in [0.25, 0.3) is 0 Å². The quantitative estimate of drug-likeness (QED) is 0.755. The topological polar surface area (TPSA) is 12.0 Å². The summed E-state index contributed by atoms with van der Waals surface area (Å²) in [4.78, 5) is 1.17. The first kappa shape index (κ1) is 9.90. The minimum Gasteiger partial charge on any atom is -0.316 e. The normalized spacial score (nSPS) is 10.2. The van der Waals surface area contributed by atoms with Crippen molar-refractivity contribution in [1.29, 1.82) is 0 Å². The van der Waals surface area contributed by atoms with Crippen LogP contribution in [0.5, 0.6) is 0 Å². The first-order chi connectivity index (χ1) is 5.79. The lowest BCUT2D eigenvalue weighted by molar-refractivity contribution is 0.803. The lowest BCUT2D eigenvalue weighted by atomic mass is 10.2. The summed E-state index contributed by atoms with van der Waals surface area (Å²) in [6.45, 7) is 0.872. The minimum atomic E-state index is 0.843. The standard InChI is InChI=1S/C9H12ClNS/c1-11-6-7-4-3-5-8(10)9(7)12-2/h3-5,11H,6H2,1-2H3. The number of benzene rings is 1. The van der Waals surface area contributed by atoms with E-state index in [2.05, 4.69) is 11.4 Å². The highest BCUT2D eigenvalue weighted by Gasteiger charge is 2.03. The van der Waals surface area contributed by atoms with E-state index in [-0.39, 0.29) is 0 Å². The first-order valence-electron chi connectivity index (χ1n) is 3.75. The molecule has 0 fully saturated rings. The third-order valence-corrected chi connectivity index (χ3v) is 2.94. The fourth-order valence-electron chi connectivity index (χ4n) is 1.11. The van der Waals surface area contributed by atoms with Crippen LogP contribution in [0.2, 0.25) is 5.02 Å². The van der Waals surface area contributed by atoms with Gasteiger partial charge >= 0.3 is 0 Å². The molecule has 0 amide bonds. The van der Waals surface area contributed by atoms with Gasteiger partial charge in [0, 0.05) is 11.4 Å². The lowest BCUT2D eigenvalue weighted by Gasteiger charge is -2.07. The molecule has 0 aliphatic rings. The molecule has 1 N–H and O–H groups in total. The van der Waals surface area contributed by atoms with Crippen molar-refractivity contribution in [2.75, 3.05) is 13.3 Å². The predicted octanol–water partition coefficient (Wildman–Crippen LogP) is 2.78. The van der Waals surface area contributed by atoms with Crippen LogP contribution in [0.15, 0.2) is 23.1 Å². The van der Waals surface area contributed by atoms with Gasteiger partial charge in [-0.25, -0.2) is 0 Å². The van der Waals surface area contributed by atoms with Crippen molar-refractivity contribution in [2.45, 2.75) is 11.4 Å². The van der Waals surface area contributed by atoms with E-state index in [0.717, 1.165) is 11.6 Å². The molecular formula is C9H12ClNS. The fraction of sp³-hybridized carbons (Fsp3) is 0.333. The average Bonchev–Trinajstić information content (AvgIpc) is 2.05. The van der Waals surface area contributed by atoms with Crippen LogP contribution in [0.3, 0.4) is 0 Å². The highest BCUT2D eigenvalue weighted by molar-refractivity contribution is 7.98. The summed E-state index contributed by atoms with van der Waals surface area (Å²) in [7, 11) is 1.94. The Morgan fingerprint density at radius 3 is 2.83 bits per heavy atom. The summed E-state index contributed by atoms with van der Waals surface area (Å²) in [5.74, 6) is 0. The third-order valence-electron chi connectivity index (χ3n) is 1.62. The Kier molecular flexibility index (Phi) is 3.92. The van der Waals surface area contributed by atoms with Crippen molar-refractivity contribution >= 4 is 23.4 Å². The predicted molar refractivity (Wildman–Crippen MR) is 56.0 cm³/mol. The Morgan fingerprint density at radius 2 is 2.25 bits per heavy atom. The Bertz CT molecular complexity index is 263. The molecule has 0 unspecified atom stereocenters. The molecule has 0 atom stereocenters. The molecule has 66 valence electrons. The summed E-state index contributed by atoms with van der Waals surface area (Å²) in [6.07, 6.45) is 2.04. The molecule has 12 heavy (non-hydrogen) atoms. The van der Waals surface area contributed by atoms with Crippen LogP contribution in [-0.4, -0.2) is 13.3 Å². The van der Waals surface area contributed by atoms with Crippen LogP contribution >= 0.6 is 23.4 Å². The number of hydrogen-bond acceptors (Lipinski definition) is 2. The van der Waals surface area contributed by atoms with Crippen molar-refractivity contribution in [2.24, 2.45) is 0 Å². The maximum atomic E-state index is 6.02. The Hall–Kier alpha value is -0.180. The molecule has 0 aliphatic heterocycles. The van der Waals surface area contributed by atoms with Gasteiger partial charge in [-0.1, -0.05) is 23.7 Å². The number of halogens is 1. The number of thioether (sulfide) groups is 1. The highest BCUT2D eigenvalue weighted by atomic mass is 35.5. The third kappa shape index (κ3) is 2.16. The Balaban J connectivity index is 3.00. The monoisotopic (exact) mass is 201 g/mol. The number of hydrogen-bond donors (Lipinski definition) is 1. The SMILES string of the molecule is CNCc1cccc(Cl)c1SC. The molecular weight excluding hydrogens is 190 g/mol. The molecule has 0 saturated heterocycles. The zero-order chi connectivity index (χ0) is 8.97. The van der Waals surface area contributed by atoms with Gasteiger partial charge in [-0.3, -0.25) is 0 Å². The second kappa shape index (κ2) is 4.75. The second-order valence-electron chi connectivity index (χ2n) is 2.46. The van der Waals surface area contributed by atoms with Crippen LogP contribution in [0.1, 0.15) is 5.56 Å². The largest absolute Gasteiger partial charge is 0.316 e. The van der Waals surface area contributed by atoms with E-state index in [1.807, 2.05) is 25.4 Å². The Labute approximate surface area is 82.5 Å². The van der Waals surface area contributed by atoms with Crippen molar-refractivity contribution in [3.8, 4) is 0 Å². The molecule has 0 aromatic heterocycles. The van der Waals surface area contributed by atoms with E-state index in [9.17, 15) is 0 Å². The van der Waals surface area contributed by atoms with Crippen LogP contribution in [0, 0.1) is 0 Å². The van der Waals surface area contributed by atoms with Gasteiger partial charge in [-0.2, -0.15) is 0 Å². The molecule has 3 heteroatoms. The molecule has 0 saturated carbocycles. The van der Waals surface area contributed by atoms with E-state index < -0.39 is 0 Å². The molecule has 1 nitrogen and oxygen atoms in total. The van der Waals surface area contributed by atoms with Gasteiger partial charge in [0.1, 0.15) is 0 Å². The van der Waals surface area contributed by atoms with E-state index in [1.165, 1.54) is 10.5 Å². The fourth-order valence-corrected chi connectivity index (χ4v) is 2.20. The average molecular weight is 202 g/mol. The van der Waals surface area contributed by atoms with Gasteiger partial charge in [0.05, 0.1) is 5.02 Å². The zero-order valence-corrected chi connectivity index (χ0v) is 8.80. The van der Waals surface area contributed by atoms with E-state index in [4.69, 9.17) is 11.6 Å². The summed E-state index contributed by atoms with van der Waals surface area (Å²) in [5, 5.41) is 3.96. The second-order valence-corrected chi connectivity index (χ2v) is 3.69. The zero-order valence-electron chi connectivity index (χ0n) is 7.23. The van der Waals surface area contributed by atoms with Gasteiger partial charge in [-0.15, -0.1) is 11.8 Å². The molecule has 1 aromatic carbocycles. The van der Waals surface area contributed by atoms with Crippen molar-refractivity contribution in [3.63, 3.8) is 0 Å². The van der Waals surface area contributed by atoms with Crippen LogP contribution < -0.4 is 5.32 Å². The summed E-state index contributed by atoms with van der Waals surface area (Å²) in [6, 6.07) is 6.00. The molecule has 1 aromatic rings. The minimum absolute atomic E-state index is 0.843. The van der Waals surface area contributed by atoms with Gasteiger partial charge in [0.2, 0.25) is 0 Å². The van der Waals surface area contributed by atoms with Crippen molar-refractivity contribution in [1.82, 2.24) is 5.32 Å². The molecule has 1 rings (SSSR count). The van der Waals surface area contributed by atoms with Gasteiger partial charge in [0.25, 0.3) is 0 Å². The Morgan fingerprint density at radius 1 is 1.50 bits per heavy atom. The maximum absolute atomic E-state index is 6.02. The van der Waals surface area contributed by atoms with Crippen molar-refractivity contribution < 1.29 is 0 Å². The summed E-state index contributed by atoms with van der Waals surface area (Å²) >= 11 is 7.71. The molecule has 0 spiro atoms. The first-order valence-corrected chi connectivity index (χ1v) is 5.36. The maximum Gasteiger partial charge on any atom is 0.0545 e. The molecule has 0 bridgehead atoms. The van der Waals surface area contributed by atoms with Crippen LogP contribution in [0.4, 0.5) is 0 Å². The summed E-state index contributed by atoms with van der Waals surface area (Å²) < 4.78 is 0. The van der Waals surface area contributed by atoms with E-state index in [1.54, 1.807) is 11.8 Å².